The van der Waals surface area contributed by atoms with Gasteiger partial charge in [-0.25, -0.2) is 17.6 Å². The van der Waals surface area contributed by atoms with Crippen LogP contribution in [-0.2, 0) is 5.41 Å². The molecule has 0 aliphatic heterocycles. The summed E-state index contributed by atoms with van der Waals surface area (Å²) in [5.74, 6) is 1.56. The van der Waals surface area contributed by atoms with Crippen LogP contribution in [-0.4, -0.2) is 12.9 Å². The molecule has 0 spiro atoms. The van der Waals surface area contributed by atoms with Crippen molar-refractivity contribution in [3.63, 3.8) is 0 Å². The Hall–Kier alpha value is -4.20. The summed E-state index contributed by atoms with van der Waals surface area (Å²) in [6, 6.07) is 23.5. The molecule has 0 aromatic heterocycles. The van der Waals surface area contributed by atoms with Gasteiger partial charge in [-0.05, 0) is 83.9 Å². The van der Waals surface area contributed by atoms with E-state index in [0.29, 0.717) is 34.4 Å². The summed E-state index contributed by atoms with van der Waals surface area (Å²) in [6.07, 6.45) is -6.76. The fraction of sp³-hybridized carbons (Fsp3) is 0.111. The van der Waals surface area contributed by atoms with E-state index in [2.05, 4.69) is 0 Å². The number of hydrogen-bond acceptors (Lipinski definition) is 4. The van der Waals surface area contributed by atoms with Gasteiger partial charge in [0.15, 0.2) is 0 Å². The first kappa shape index (κ1) is 23.9. The van der Waals surface area contributed by atoms with Crippen molar-refractivity contribution in [3.05, 3.63) is 108 Å². The Morgan fingerprint density at radius 2 is 0.714 bits per heavy atom. The summed E-state index contributed by atoms with van der Waals surface area (Å²) in [7, 11) is 0. The summed E-state index contributed by atoms with van der Waals surface area (Å²) in [5.41, 5.74) is 9.08. The van der Waals surface area contributed by atoms with E-state index in [1.165, 1.54) is 48.5 Å². The molecule has 0 atom stereocenters. The van der Waals surface area contributed by atoms with Gasteiger partial charge in [-0.3, -0.25) is 0 Å². The highest BCUT2D eigenvalue weighted by atomic mass is 19.3. The van der Waals surface area contributed by atoms with E-state index in [4.69, 9.17) is 20.9 Å². The minimum absolute atomic E-state index is 0.237. The summed E-state index contributed by atoms with van der Waals surface area (Å²) >= 11 is 0. The lowest BCUT2D eigenvalue weighted by atomic mass is 9.75. The predicted octanol–water partition coefficient (Wildman–Crippen LogP) is 7.25. The zero-order chi connectivity index (χ0) is 25.0. The highest BCUT2D eigenvalue weighted by molar-refractivity contribution is 5.48. The normalized spacial score (nSPS) is 11.6. The summed E-state index contributed by atoms with van der Waals surface area (Å²) in [4.78, 5) is 0. The molecule has 0 unspecified atom stereocenters. The van der Waals surface area contributed by atoms with Gasteiger partial charge in [0.05, 0.1) is 0 Å². The van der Waals surface area contributed by atoms with Crippen molar-refractivity contribution < 1.29 is 27.0 Å². The van der Waals surface area contributed by atoms with Gasteiger partial charge in [-0.15, -0.1) is 0 Å². The number of alkyl halides is 4. The van der Waals surface area contributed by atoms with Crippen LogP contribution in [0.2, 0.25) is 0 Å². The quantitative estimate of drug-likeness (QED) is 0.205. The molecule has 4 aromatic rings. The van der Waals surface area contributed by atoms with Crippen molar-refractivity contribution >= 4 is 11.4 Å². The Morgan fingerprint density at radius 3 is 0.971 bits per heavy atom. The van der Waals surface area contributed by atoms with Crippen LogP contribution in [0.3, 0.4) is 0 Å². The number of rotatable bonds is 8. The molecule has 0 saturated carbocycles. The number of benzene rings is 4. The number of nitrogens with two attached hydrogens (primary N) is 2. The third kappa shape index (κ3) is 5.01. The van der Waals surface area contributed by atoms with Crippen LogP contribution in [0.4, 0.5) is 28.9 Å². The van der Waals surface area contributed by atoms with E-state index in [1.54, 1.807) is 48.5 Å². The third-order valence-corrected chi connectivity index (χ3v) is 5.58. The van der Waals surface area contributed by atoms with E-state index < -0.39 is 18.3 Å². The number of nitrogen functional groups attached to an aromatic ring is 2. The third-order valence-electron chi connectivity index (χ3n) is 5.58. The van der Waals surface area contributed by atoms with Crippen molar-refractivity contribution in [2.24, 2.45) is 0 Å². The van der Waals surface area contributed by atoms with Gasteiger partial charge in [-0.2, -0.15) is 0 Å². The van der Waals surface area contributed by atoms with Gasteiger partial charge in [0.2, 0.25) is 0 Å². The van der Waals surface area contributed by atoms with E-state index >= 15 is 0 Å². The monoisotopic (exact) mass is 482 g/mol. The van der Waals surface area contributed by atoms with Crippen molar-refractivity contribution in [2.45, 2.75) is 18.3 Å². The summed E-state index contributed by atoms with van der Waals surface area (Å²) < 4.78 is 68.8. The van der Waals surface area contributed by atoms with Gasteiger partial charge in [0.1, 0.15) is 28.4 Å². The highest BCUT2D eigenvalue weighted by Crippen LogP contribution is 2.44. The average molecular weight is 482 g/mol. The SMILES string of the molecule is Nc1ccc(Oc2ccc(C(c3ccc(Oc4ccc(N)cc4)cc3)(C(F)F)C(F)F)cc2)cc1. The Bertz CT molecular complexity index is 1140. The lowest BCUT2D eigenvalue weighted by molar-refractivity contribution is -0.0330. The minimum atomic E-state index is -3.38. The number of ether oxygens (including phenoxy) is 2. The van der Waals surface area contributed by atoms with Crippen LogP contribution in [0.5, 0.6) is 23.0 Å². The second-order valence-electron chi connectivity index (χ2n) is 7.86. The summed E-state index contributed by atoms with van der Waals surface area (Å²) in [6.45, 7) is 0. The summed E-state index contributed by atoms with van der Waals surface area (Å²) in [5, 5.41) is 0. The molecule has 180 valence electrons. The molecule has 0 saturated heterocycles. The molecule has 35 heavy (non-hydrogen) atoms. The molecule has 8 heteroatoms. The fourth-order valence-electron chi connectivity index (χ4n) is 3.71. The van der Waals surface area contributed by atoms with Crippen molar-refractivity contribution in [1.29, 1.82) is 0 Å². The van der Waals surface area contributed by atoms with Crippen LogP contribution in [0.25, 0.3) is 0 Å². The molecule has 4 aromatic carbocycles. The second kappa shape index (κ2) is 9.97. The van der Waals surface area contributed by atoms with E-state index in [9.17, 15) is 17.6 Å². The molecule has 0 aliphatic carbocycles. The van der Waals surface area contributed by atoms with Crippen LogP contribution in [0, 0.1) is 0 Å². The van der Waals surface area contributed by atoms with Gasteiger partial charge in [0, 0.05) is 11.4 Å². The van der Waals surface area contributed by atoms with Crippen LogP contribution < -0.4 is 20.9 Å². The maximum atomic E-state index is 14.4. The maximum absolute atomic E-state index is 14.4. The van der Waals surface area contributed by atoms with Gasteiger partial charge in [-0.1, -0.05) is 24.3 Å². The van der Waals surface area contributed by atoms with E-state index in [1.807, 2.05) is 0 Å². The maximum Gasteiger partial charge on any atom is 0.257 e. The van der Waals surface area contributed by atoms with Crippen molar-refractivity contribution in [2.75, 3.05) is 11.5 Å². The van der Waals surface area contributed by atoms with Crippen LogP contribution in [0.1, 0.15) is 11.1 Å². The number of halogens is 4. The Labute approximate surface area is 199 Å². The zero-order valence-electron chi connectivity index (χ0n) is 18.4. The Morgan fingerprint density at radius 1 is 0.457 bits per heavy atom. The lowest BCUT2D eigenvalue weighted by Gasteiger charge is -2.33. The van der Waals surface area contributed by atoms with Crippen LogP contribution >= 0.6 is 0 Å². The smallest absolute Gasteiger partial charge is 0.257 e. The van der Waals surface area contributed by atoms with Gasteiger partial charge >= 0.3 is 0 Å². The van der Waals surface area contributed by atoms with Crippen molar-refractivity contribution in [1.82, 2.24) is 0 Å². The van der Waals surface area contributed by atoms with Gasteiger partial charge < -0.3 is 20.9 Å². The van der Waals surface area contributed by atoms with Gasteiger partial charge in [0.25, 0.3) is 12.9 Å². The van der Waals surface area contributed by atoms with E-state index in [0.717, 1.165) is 0 Å². The molecular weight excluding hydrogens is 460 g/mol. The largest absolute Gasteiger partial charge is 0.457 e. The first-order valence-corrected chi connectivity index (χ1v) is 10.6. The predicted molar refractivity (Wildman–Crippen MR) is 128 cm³/mol. The Balaban J connectivity index is 1.62. The average Bonchev–Trinajstić information content (AvgIpc) is 2.84. The fourth-order valence-corrected chi connectivity index (χ4v) is 3.71. The van der Waals surface area contributed by atoms with E-state index in [-0.39, 0.29) is 11.1 Å². The molecule has 4 N–H and O–H groups in total. The standard InChI is InChI=1S/C27H22F4N2O2/c28-25(29)27(26(30)31,17-1-9-21(10-2-17)34-23-13-5-19(32)6-14-23)18-3-11-22(12-4-18)35-24-15-7-20(33)8-16-24/h1-16,25-26H,32-33H2. The first-order chi connectivity index (χ1) is 16.8. The molecular formula is C27H22F4N2O2. The molecule has 0 radical (unpaired) electrons. The van der Waals surface area contributed by atoms with Crippen molar-refractivity contribution in [3.8, 4) is 23.0 Å². The molecule has 0 heterocycles. The van der Waals surface area contributed by atoms with Crippen LogP contribution in [0.15, 0.2) is 97.1 Å². The molecule has 0 fully saturated rings. The highest BCUT2D eigenvalue weighted by Gasteiger charge is 2.51. The molecule has 4 rings (SSSR count). The second-order valence-corrected chi connectivity index (χ2v) is 7.86. The lowest BCUT2D eigenvalue weighted by Crippen LogP contribution is -2.43. The number of anilines is 2. The first-order valence-electron chi connectivity index (χ1n) is 10.6. The number of hydrogen-bond donors (Lipinski definition) is 2. The molecule has 4 nitrogen and oxygen atoms in total. The Kier molecular flexibility index (Phi) is 6.82. The topological polar surface area (TPSA) is 70.5 Å². The molecule has 0 aliphatic rings. The zero-order valence-corrected chi connectivity index (χ0v) is 18.4. The molecule has 0 bridgehead atoms. The minimum Gasteiger partial charge on any atom is -0.457 e. The molecule has 0 amide bonds.